The van der Waals surface area contributed by atoms with Gasteiger partial charge < -0.3 is 10.2 Å². The van der Waals surface area contributed by atoms with Crippen LogP contribution in [0.25, 0.3) is 0 Å². The molecule has 1 amide bonds. The zero-order valence-corrected chi connectivity index (χ0v) is 8.84. The van der Waals surface area contributed by atoms with E-state index in [0.29, 0.717) is 6.04 Å². The van der Waals surface area contributed by atoms with Gasteiger partial charge in [0.05, 0.1) is 6.04 Å². The molecule has 0 saturated carbocycles. The van der Waals surface area contributed by atoms with Crippen molar-refractivity contribution in [3.63, 3.8) is 0 Å². The lowest BCUT2D eigenvalue weighted by Gasteiger charge is -2.21. The Morgan fingerprint density at radius 3 is 2.77 bits per heavy atom. The number of hydrogen-bond donors (Lipinski definition) is 1. The fourth-order valence-corrected chi connectivity index (χ4v) is 1.72. The zero-order chi connectivity index (χ0) is 9.84. The molecular formula is C10H20N2O. The molecule has 0 aliphatic carbocycles. The van der Waals surface area contributed by atoms with Gasteiger partial charge >= 0.3 is 0 Å². The highest BCUT2D eigenvalue weighted by Gasteiger charge is 2.31. The van der Waals surface area contributed by atoms with Crippen LogP contribution >= 0.6 is 0 Å². The fourth-order valence-electron chi connectivity index (χ4n) is 1.72. The number of amides is 1. The SMILES string of the molecule is CCCNC1CCN(C(C)C)C1=O. The van der Waals surface area contributed by atoms with E-state index >= 15 is 0 Å². The summed E-state index contributed by atoms with van der Waals surface area (Å²) < 4.78 is 0. The lowest BCUT2D eigenvalue weighted by molar-refractivity contribution is -0.130. The molecule has 0 bridgehead atoms. The van der Waals surface area contributed by atoms with E-state index in [1.165, 1.54) is 0 Å². The number of nitrogens with zero attached hydrogens (tertiary/aromatic N) is 1. The van der Waals surface area contributed by atoms with Crippen LogP contribution in [-0.2, 0) is 4.79 Å². The van der Waals surface area contributed by atoms with Gasteiger partial charge in [-0.25, -0.2) is 0 Å². The molecule has 1 aliphatic rings. The van der Waals surface area contributed by atoms with Gasteiger partial charge in [0.1, 0.15) is 0 Å². The lowest BCUT2D eigenvalue weighted by atomic mass is 10.2. The summed E-state index contributed by atoms with van der Waals surface area (Å²) in [6, 6.07) is 0.434. The van der Waals surface area contributed by atoms with Crippen LogP contribution < -0.4 is 5.32 Å². The zero-order valence-electron chi connectivity index (χ0n) is 8.84. The lowest BCUT2D eigenvalue weighted by Crippen LogP contribution is -2.41. The first-order chi connectivity index (χ1) is 6.16. The maximum absolute atomic E-state index is 11.7. The van der Waals surface area contributed by atoms with Crippen molar-refractivity contribution in [2.75, 3.05) is 13.1 Å². The quantitative estimate of drug-likeness (QED) is 0.707. The number of likely N-dealkylation sites (tertiary alicyclic amines) is 1. The van der Waals surface area contributed by atoms with Crippen LogP contribution in [0.5, 0.6) is 0 Å². The van der Waals surface area contributed by atoms with Gasteiger partial charge in [-0.1, -0.05) is 6.92 Å². The van der Waals surface area contributed by atoms with Gasteiger partial charge in [0.15, 0.2) is 0 Å². The number of hydrogen-bond acceptors (Lipinski definition) is 2. The average Bonchev–Trinajstić information content (AvgIpc) is 2.43. The number of nitrogens with one attached hydrogen (secondary N) is 1. The third-order valence-corrected chi connectivity index (χ3v) is 2.50. The van der Waals surface area contributed by atoms with Crippen LogP contribution in [0, 0.1) is 0 Å². The molecule has 0 radical (unpaired) electrons. The molecule has 0 aromatic carbocycles. The van der Waals surface area contributed by atoms with E-state index in [1.807, 2.05) is 4.90 Å². The largest absolute Gasteiger partial charge is 0.339 e. The molecule has 1 unspecified atom stereocenters. The van der Waals surface area contributed by atoms with Gasteiger partial charge in [0.25, 0.3) is 0 Å². The van der Waals surface area contributed by atoms with Gasteiger partial charge in [-0.3, -0.25) is 4.79 Å². The third-order valence-electron chi connectivity index (χ3n) is 2.50. The molecule has 0 spiro atoms. The summed E-state index contributed by atoms with van der Waals surface area (Å²) in [6.07, 6.45) is 2.06. The number of carbonyl (C=O) groups excluding carboxylic acids is 1. The Bertz CT molecular complexity index is 180. The molecule has 1 saturated heterocycles. The second-order valence-corrected chi connectivity index (χ2v) is 3.92. The summed E-state index contributed by atoms with van der Waals surface area (Å²) >= 11 is 0. The molecule has 0 aromatic rings. The van der Waals surface area contributed by atoms with Crippen molar-refractivity contribution < 1.29 is 4.79 Å². The highest BCUT2D eigenvalue weighted by molar-refractivity contribution is 5.84. The third kappa shape index (κ3) is 2.44. The Labute approximate surface area is 80.5 Å². The van der Waals surface area contributed by atoms with E-state index in [1.54, 1.807) is 0 Å². The first kappa shape index (κ1) is 10.5. The van der Waals surface area contributed by atoms with Crippen molar-refractivity contribution in [2.45, 2.75) is 45.7 Å². The van der Waals surface area contributed by atoms with Crippen LogP contribution in [0.15, 0.2) is 0 Å². The van der Waals surface area contributed by atoms with Gasteiger partial charge in [-0.2, -0.15) is 0 Å². The number of rotatable bonds is 4. The van der Waals surface area contributed by atoms with Crippen molar-refractivity contribution in [1.82, 2.24) is 10.2 Å². The molecule has 1 N–H and O–H groups in total. The summed E-state index contributed by atoms with van der Waals surface area (Å²) in [4.78, 5) is 13.7. The van der Waals surface area contributed by atoms with Crippen molar-refractivity contribution in [3.05, 3.63) is 0 Å². The van der Waals surface area contributed by atoms with E-state index in [9.17, 15) is 4.79 Å². The van der Waals surface area contributed by atoms with Crippen LogP contribution in [0.4, 0.5) is 0 Å². The highest BCUT2D eigenvalue weighted by atomic mass is 16.2. The van der Waals surface area contributed by atoms with E-state index in [0.717, 1.165) is 25.9 Å². The van der Waals surface area contributed by atoms with E-state index in [-0.39, 0.29) is 11.9 Å². The normalized spacial score (nSPS) is 23.2. The fraction of sp³-hybridized carbons (Fsp3) is 0.900. The minimum atomic E-state index is 0.0855. The first-order valence-electron chi connectivity index (χ1n) is 5.20. The van der Waals surface area contributed by atoms with Crippen molar-refractivity contribution in [3.8, 4) is 0 Å². The summed E-state index contributed by atoms with van der Waals surface area (Å²) in [5.41, 5.74) is 0. The van der Waals surface area contributed by atoms with E-state index in [4.69, 9.17) is 0 Å². The van der Waals surface area contributed by atoms with Crippen molar-refractivity contribution in [2.24, 2.45) is 0 Å². The smallest absolute Gasteiger partial charge is 0.240 e. The van der Waals surface area contributed by atoms with Crippen molar-refractivity contribution in [1.29, 1.82) is 0 Å². The average molecular weight is 184 g/mol. The minimum Gasteiger partial charge on any atom is -0.339 e. The number of carbonyl (C=O) groups is 1. The Hall–Kier alpha value is -0.570. The molecule has 1 heterocycles. The topological polar surface area (TPSA) is 32.3 Å². The highest BCUT2D eigenvalue weighted by Crippen LogP contribution is 2.13. The molecule has 13 heavy (non-hydrogen) atoms. The van der Waals surface area contributed by atoms with Gasteiger partial charge in [-0.15, -0.1) is 0 Å². The van der Waals surface area contributed by atoms with Gasteiger partial charge in [-0.05, 0) is 33.2 Å². The molecular weight excluding hydrogens is 164 g/mol. The van der Waals surface area contributed by atoms with Crippen LogP contribution in [0.1, 0.15) is 33.6 Å². The standard InChI is InChI=1S/C10H20N2O/c1-4-6-11-9-5-7-12(8(2)3)10(9)13/h8-9,11H,4-7H2,1-3H3. The van der Waals surface area contributed by atoms with Crippen LogP contribution in [0.2, 0.25) is 0 Å². The molecule has 3 nitrogen and oxygen atoms in total. The minimum absolute atomic E-state index is 0.0855. The molecule has 1 aliphatic heterocycles. The summed E-state index contributed by atoms with van der Waals surface area (Å²) in [5.74, 6) is 0.281. The maximum atomic E-state index is 11.7. The van der Waals surface area contributed by atoms with Gasteiger partial charge in [0.2, 0.25) is 5.91 Å². The predicted octanol–water partition coefficient (Wildman–Crippen LogP) is 0.995. The maximum Gasteiger partial charge on any atom is 0.240 e. The Kier molecular flexibility index (Phi) is 3.72. The van der Waals surface area contributed by atoms with Crippen molar-refractivity contribution >= 4 is 5.91 Å². The Morgan fingerprint density at radius 1 is 1.62 bits per heavy atom. The second-order valence-electron chi connectivity index (χ2n) is 3.92. The van der Waals surface area contributed by atoms with Crippen LogP contribution in [-0.4, -0.2) is 36.0 Å². The Morgan fingerprint density at radius 2 is 2.31 bits per heavy atom. The molecule has 1 atom stereocenters. The first-order valence-corrected chi connectivity index (χ1v) is 5.20. The monoisotopic (exact) mass is 184 g/mol. The van der Waals surface area contributed by atoms with E-state index in [2.05, 4.69) is 26.1 Å². The summed E-state index contributed by atoms with van der Waals surface area (Å²) in [5, 5.41) is 3.27. The van der Waals surface area contributed by atoms with Crippen LogP contribution in [0.3, 0.4) is 0 Å². The molecule has 1 fully saturated rings. The molecule has 1 rings (SSSR count). The molecule has 3 heteroatoms. The summed E-state index contributed by atoms with van der Waals surface area (Å²) in [6.45, 7) is 8.12. The summed E-state index contributed by atoms with van der Waals surface area (Å²) in [7, 11) is 0. The Balaban J connectivity index is 2.41. The second kappa shape index (κ2) is 4.61. The molecule has 0 aromatic heterocycles. The van der Waals surface area contributed by atoms with E-state index < -0.39 is 0 Å². The predicted molar refractivity (Wildman–Crippen MR) is 53.5 cm³/mol. The van der Waals surface area contributed by atoms with Gasteiger partial charge in [0, 0.05) is 12.6 Å². The molecule has 76 valence electrons.